The summed E-state index contributed by atoms with van der Waals surface area (Å²) in [5.74, 6) is 0. The van der Waals surface area contributed by atoms with Crippen molar-refractivity contribution in [1.29, 1.82) is 0 Å². The molecule has 4 heteroatoms. The van der Waals surface area contributed by atoms with Gasteiger partial charge in [-0.2, -0.15) is 0 Å². The molecular weight excluding hydrogens is 280 g/mol. The van der Waals surface area contributed by atoms with Gasteiger partial charge < -0.3 is 0 Å². The highest BCUT2D eigenvalue weighted by molar-refractivity contribution is 9.10. The summed E-state index contributed by atoms with van der Waals surface area (Å²) in [6.07, 6.45) is 2.39. The van der Waals surface area contributed by atoms with Crippen molar-refractivity contribution in [2.75, 3.05) is 0 Å². The molecule has 2 aromatic rings. The molecular formula is C13H13BrN2O. The summed E-state index contributed by atoms with van der Waals surface area (Å²) in [7, 11) is 0. The Balaban J connectivity index is 2.47. The van der Waals surface area contributed by atoms with E-state index in [1.165, 1.54) is 0 Å². The minimum Gasteiger partial charge on any atom is -0.298 e. The van der Waals surface area contributed by atoms with E-state index in [4.69, 9.17) is 0 Å². The molecule has 0 bridgehead atoms. The van der Waals surface area contributed by atoms with Crippen molar-refractivity contribution in [3.63, 3.8) is 0 Å². The van der Waals surface area contributed by atoms with Crippen LogP contribution in [0, 0.1) is 0 Å². The van der Waals surface area contributed by atoms with E-state index in [-0.39, 0.29) is 5.56 Å². The van der Waals surface area contributed by atoms with Gasteiger partial charge in [0.15, 0.2) is 0 Å². The molecule has 1 aromatic heterocycles. The molecule has 0 aliphatic rings. The van der Waals surface area contributed by atoms with Crippen LogP contribution in [0.15, 0.2) is 45.9 Å². The molecule has 0 saturated carbocycles. The van der Waals surface area contributed by atoms with Gasteiger partial charge in [0.05, 0.1) is 17.2 Å². The van der Waals surface area contributed by atoms with Crippen molar-refractivity contribution in [2.45, 2.75) is 19.9 Å². The normalized spacial score (nSPS) is 10.7. The van der Waals surface area contributed by atoms with Crippen molar-refractivity contribution in [1.82, 2.24) is 9.55 Å². The standard InChI is InChI=1S/C13H13BrN2O/c1-9(2)5-6-16-8-15-12-7-10(14)3-4-11(12)13(16)17/h3-4,7-8H,1,5-6H2,2H3. The van der Waals surface area contributed by atoms with E-state index in [1.54, 1.807) is 17.0 Å². The average Bonchev–Trinajstić information content (AvgIpc) is 2.27. The maximum atomic E-state index is 12.1. The number of nitrogens with zero attached hydrogens (tertiary/aromatic N) is 2. The van der Waals surface area contributed by atoms with Crippen molar-refractivity contribution in [2.24, 2.45) is 0 Å². The molecule has 0 aliphatic carbocycles. The molecule has 0 saturated heterocycles. The largest absolute Gasteiger partial charge is 0.298 e. The summed E-state index contributed by atoms with van der Waals surface area (Å²) < 4.78 is 2.56. The molecule has 1 aromatic carbocycles. The second-order valence-electron chi connectivity index (χ2n) is 4.11. The van der Waals surface area contributed by atoms with E-state index >= 15 is 0 Å². The van der Waals surface area contributed by atoms with Crippen LogP contribution < -0.4 is 5.56 Å². The van der Waals surface area contributed by atoms with Crippen LogP contribution in [-0.2, 0) is 6.54 Å². The lowest BCUT2D eigenvalue weighted by Crippen LogP contribution is -2.20. The predicted octanol–water partition coefficient (Wildman–Crippen LogP) is 3.13. The molecule has 0 unspecified atom stereocenters. The Kier molecular flexibility index (Phi) is 3.43. The Morgan fingerprint density at radius 3 is 3.00 bits per heavy atom. The van der Waals surface area contributed by atoms with Gasteiger partial charge >= 0.3 is 0 Å². The second kappa shape index (κ2) is 4.84. The lowest BCUT2D eigenvalue weighted by Gasteiger charge is -2.06. The van der Waals surface area contributed by atoms with E-state index < -0.39 is 0 Å². The van der Waals surface area contributed by atoms with E-state index in [2.05, 4.69) is 27.5 Å². The SMILES string of the molecule is C=C(C)CCn1cnc2cc(Br)ccc2c1=O. The van der Waals surface area contributed by atoms with Crippen LogP contribution in [0.5, 0.6) is 0 Å². The van der Waals surface area contributed by atoms with Gasteiger partial charge in [0.2, 0.25) is 0 Å². The molecule has 17 heavy (non-hydrogen) atoms. The minimum atomic E-state index is 0.00347. The van der Waals surface area contributed by atoms with Crippen LogP contribution in [-0.4, -0.2) is 9.55 Å². The van der Waals surface area contributed by atoms with E-state index in [1.807, 2.05) is 19.1 Å². The van der Waals surface area contributed by atoms with Gasteiger partial charge in [-0.05, 0) is 31.5 Å². The average molecular weight is 293 g/mol. The third-order valence-electron chi connectivity index (χ3n) is 2.57. The number of aryl methyl sites for hydroxylation is 1. The third-order valence-corrected chi connectivity index (χ3v) is 3.06. The highest BCUT2D eigenvalue weighted by Gasteiger charge is 2.04. The summed E-state index contributed by atoms with van der Waals surface area (Å²) >= 11 is 3.36. The van der Waals surface area contributed by atoms with Crippen molar-refractivity contribution in [3.8, 4) is 0 Å². The fraction of sp³-hybridized carbons (Fsp3) is 0.231. The molecule has 1 heterocycles. The summed E-state index contributed by atoms with van der Waals surface area (Å²) in [4.78, 5) is 16.4. The van der Waals surface area contributed by atoms with Gasteiger partial charge in [-0.3, -0.25) is 9.36 Å². The van der Waals surface area contributed by atoms with E-state index in [9.17, 15) is 4.79 Å². The number of benzene rings is 1. The Labute approximate surface area is 108 Å². The number of hydrogen-bond acceptors (Lipinski definition) is 2. The van der Waals surface area contributed by atoms with Crippen molar-refractivity contribution < 1.29 is 0 Å². The Morgan fingerprint density at radius 2 is 2.29 bits per heavy atom. The first-order valence-electron chi connectivity index (χ1n) is 5.37. The summed E-state index contributed by atoms with van der Waals surface area (Å²) in [5, 5.41) is 0.650. The fourth-order valence-corrected chi connectivity index (χ4v) is 1.95. The van der Waals surface area contributed by atoms with Crippen LogP contribution in [0.4, 0.5) is 0 Å². The van der Waals surface area contributed by atoms with Crippen LogP contribution in [0.3, 0.4) is 0 Å². The van der Waals surface area contributed by atoms with Crippen LogP contribution in [0.2, 0.25) is 0 Å². The van der Waals surface area contributed by atoms with Gasteiger partial charge in [0.1, 0.15) is 0 Å². The first-order chi connectivity index (χ1) is 8.08. The van der Waals surface area contributed by atoms with Crippen molar-refractivity contribution in [3.05, 3.63) is 51.5 Å². The maximum Gasteiger partial charge on any atom is 0.261 e. The maximum absolute atomic E-state index is 12.1. The Bertz CT molecular complexity index is 631. The molecule has 0 spiro atoms. The summed E-state index contributed by atoms with van der Waals surface area (Å²) in [6.45, 7) is 6.42. The summed E-state index contributed by atoms with van der Waals surface area (Å²) in [6, 6.07) is 5.50. The molecule has 0 amide bonds. The molecule has 0 fully saturated rings. The van der Waals surface area contributed by atoms with Gasteiger partial charge in [-0.15, -0.1) is 6.58 Å². The molecule has 0 aliphatic heterocycles. The van der Waals surface area contributed by atoms with Gasteiger partial charge in [0, 0.05) is 11.0 Å². The topological polar surface area (TPSA) is 34.9 Å². The summed E-state index contributed by atoms with van der Waals surface area (Å²) in [5.41, 5.74) is 1.78. The fourth-order valence-electron chi connectivity index (χ4n) is 1.60. The quantitative estimate of drug-likeness (QED) is 0.815. The van der Waals surface area contributed by atoms with Crippen LogP contribution >= 0.6 is 15.9 Å². The van der Waals surface area contributed by atoms with E-state index in [0.29, 0.717) is 11.9 Å². The van der Waals surface area contributed by atoms with Crippen LogP contribution in [0.25, 0.3) is 10.9 Å². The van der Waals surface area contributed by atoms with Gasteiger partial charge in [-0.25, -0.2) is 4.98 Å². The zero-order chi connectivity index (χ0) is 12.4. The molecule has 3 nitrogen and oxygen atoms in total. The first-order valence-corrected chi connectivity index (χ1v) is 6.16. The van der Waals surface area contributed by atoms with Crippen molar-refractivity contribution >= 4 is 26.8 Å². The second-order valence-corrected chi connectivity index (χ2v) is 5.03. The lowest BCUT2D eigenvalue weighted by atomic mass is 10.2. The zero-order valence-corrected chi connectivity index (χ0v) is 11.2. The highest BCUT2D eigenvalue weighted by Crippen LogP contribution is 2.14. The highest BCUT2D eigenvalue weighted by atomic mass is 79.9. The number of hydrogen-bond donors (Lipinski definition) is 0. The Hall–Kier alpha value is -1.42. The Morgan fingerprint density at radius 1 is 1.53 bits per heavy atom. The number of fused-ring (bicyclic) bond motifs is 1. The monoisotopic (exact) mass is 292 g/mol. The third kappa shape index (κ3) is 2.64. The molecule has 2 rings (SSSR count). The molecule has 0 radical (unpaired) electrons. The van der Waals surface area contributed by atoms with Crippen LogP contribution in [0.1, 0.15) is 13.3 Å². The van der Waals surface area contributed by atoms with Gasteiger partial charge in [0.25, 0.3) is 5.56 Å². The number of rotatable bonds is 3. The smallest absolute Gasteiger partial charge is 0.261 e. The number of allylic oxidation sites excluding steroid dienone is 1. The molecule has 88 valence electrons. The molecule has 0 atom stereocenters. The first kappa shape index (κ1) is 12.0. The minimum absolute atomic E-state index is 0.00347. The zero-order valence-electron chi connectivity index (χ0n) is 9.61. The number of halogens is 1. The van der Waals surface area contributed by atoms with E-state index in [0.717, 1.165) is 22.0 Å². The molecule has 0 N–H and O–H groups in total. The lowest BCUT2D eigenvalue weighted by molar-refractivity contribution is 0.660. The van der Waals surface area contributed by atoms with Gasteiger partial charge in [-0.1, -0.05) is 21.5 Å². The number of aromatic nitrogens is 2. The predicted molar refractivity (Wildman–Crippen MR) is 73.1 cm³/mol.